The minimum absolute atomic E-state index is 0.285. The maximum absolute atomic E-state index is 6.25. The van der Waals surface area contributed by atoms with Gasteiger partial charge in [-0.15, -0.1) is 0 Å². The highest BCUT2D eigenvalue weighted by atomic mass is 35.5. The largest absolute Gasteiger partial charge is 0.490 e. The van der Waals surface area contributed by atoms with Gasteiger partial charge in [-0.1, -0.05) is 35.9 Å². The van der Waals surface area contributed by atoms with E-state index < -0.39 is 0 Å². The molecule has 2 saturated heterocycles. The van der Waals surface area contributed by atoms with Crippen LogP contribution in [-0.4, -0.2) is 41.9 Å². The van der Waals surface area contributed by atoms with Crippen molar-refractivity contribution in [1.29, 1.82) is 0 Å². The second kappa shape index (κ2) is 8.31. The fourth-order valence-electron chi connectivity index (χ4n) is 4.32. The molecule has 150 valence electrons. The van der Waals surface area contributed by atoms with Gasteiger partial charge in [0, 0.05) is 31.3 Å². The lowest BCUT2D eigenvalue weighted by Gasteiger charge is -2.35. The summed E-state index contributed by atoms with van der Waals surface area (Å²) < 4.78 is 12.1. The zero-order valence-corrected chi connectivity index (χ0v) is 17.1. The van der Waals surface area contributed by atoms with Gasteiger partial charge in [0.25, 0.3) is 0 Å². The molecule has 5 heteroatoms. The highest BCUT2D eigenvalue weighted by Gasteiger charge is 2.28. The molecule has 0 amide bonds. The Hall–Kier alpha value is -2.14. The van der Waals surface area contributed by atoms with Gasteiger partial charge in [0.2, 0.25) is 0 Å². The molecule has 0 N–H and O–H groups in total. The smallest absolute Gasteiger partial charge is 0.119 e. The van der Waals surface area contributed by atoms with E-state index in [4.69, 9.17) is 21.1 Å². The summed E-state index contributed by atoms with van der Waals surface area (Å²) in [6.45, 7) is 3.03. The van der Waals surface area contributed by atoms with Gasteiger partial charge in [0.15, 0.2) is 0 Å². The third-order valence-electron chi connectivity index (χ3n) is 5.93. The maximum atomic E-state index is 6.25. The number of likely N-dealkylation sites (tertiary alicyclic amines) is 1. The van der Waals surface area contributed by atoms with Crippen molar-refractivity contribution in [3.8, 4) is 16.9 Å². The average Bonchev–Trinajstić information content (AvgIpc) is 3.29. The third kappa shape index (κ3) is 4.25. The van der Waals surface area contributed by atoms with Crippen LogP contribution in [0.15, 0.2) is 54.7 Å². The average molecular weight is 409 g/mol. The number of ether oxygens (including phenoxy) is 2. The Morgan fingerprint density at radius 1 is 0.966 bits per heavy atom. The standard InChI is InChI=1S/C24H25ClN2O2/c25-20-14-19-4-3-18(15-23(19)26-16-20)17-5-7-21(8-6-17)29-22-9-11-27(12-10-22)24-2-1-13-28-24/h3-8,14-16,22,24H,1-2,9-13H2. The van der Waals surface area contributed by atoms with Gasteiger partial charge in [-0.3, -0.25) is 9.88 Å². The third-order valence-corrected chi connectivity index (χ3v) is 6.14. The van der Waals surface area contributed by atoms with Crippen LogP contribution in [0.2, 0.25) is 5.02 Å². The van der Waals surface area contributed by atoms with Gasteiger partial charge in [-0.2, -0.15) is 0 Å². The molecule has 2 aliphatic rings. The molecule has 1 atom stereocenters. The second-order valence-electron chi connectivity index (χ2n) is 7.91. The fourth-order valence-corrected chi connectivity index (χ4v) is 4.49. The van der Waals surface area contributed by atoms with Crippen molar-refractivity contribution in [3.63, 3.8) is 0 Å². The summed E-state index contributed by atoms with van der Waals surface area (Å²) >= 11 is 6.03. The first-order chi connectivity index (χ1) is 14.2. The van der Waals surface area contributed by atoms with Crippen LogP contribution in [0, 0.1) is 0 Å². The molecule has 0 saturated carbocycles. The topological polar surface area (TPSA) is 34.6 Å². The van der Waals surface area contributed by atoms with Gasteiger partial charge in [0.05, 0.1) is 10.5 Å². The molecule has 4 nitrogen and oxygen atoms in total. The molecule has 3 aromatic rings. The van der Waals surface area contributed by atoms with Crippen LogP contribution in [0.25, 0.3) is 22.0 Å². The number of benzene rings is 2. The molecule has 0 aliphatic carbocycles. The molecule has 2 aromatic carbocycles. The van der Waals surface area contributed by atoms with Crippen LogP contribution in [-0.2, 0) is 4.74 Å². The molecule has 0 radical (unpaired) electrons. The Morgan fingerprint density at radius 2 is 1.76 bits per heavy atom. The molecule has 5 rings (SSSR count). The number of hydrogen-bond donors (Lipinski definition) is 0. The number of halogens is 1. The summed E-state index contributed by atoms with van der Waals surface area (Å²) in [6.07, 6.45) is 6.78. The highest BCUT2D eigenvalue weighted by Crippen LogP contribution is 2.28. The number of rotatable bonds is 4. The molecule has 0 spiro atoms. The molecule has 2 aliphatic heterocycles. The van der Waals surface area contributed by atoms with Crippen LogP contribution < -0.4 is 4.74 Å². The van der Waals surface area contributed by atoms with Crippen molar-refractivity contribution in [1.82, 2.24) is 9.88 Å². The predicted octanol–water partition coefficient (Wildman–Crippen LogP) is 5.53. The molecule has 0 bridgehead atoms. The summed E-state index contributed by atoms with van der Waals surface area (Å²) in [4.78, 5) is 6.90. The van der Waals surface area contributed by atoms with Crippen molar-refractivity contribution < 1.29 is 9.47 Å². The highest BCUT2D eigenvalue weighted by molar-refractivity contribution is 6.31. The van der Waals surface area contributed by atoms with E-state index in [1.54, 1.807) is 6.20 Å². The van der Waals surface area contributed by atoms with Gasteiger partial charge >= 0.3 is 0 Å². The van der Waals surface area contributed by atoms with E-state index in [1.165, 1.54) is 12.8 Å². The first-order valence-electron chi connectivity index (χ1n) is 10.4. The molecule has 3 heterocycles. The predicted molar refractivity (Wildman–Crippen MR) is 116 cm³/mol. The Morgan fingerprint density at radius 3 is 2.52 bits per heavy atom. The molecule has 29 heavy (non-hydrogen) atoms. The SMILES string of the molecule is Clc1cnc2cc(-c3ccc(OC4CCN(C5CCCO5)CC4)cc3)ccc2c1. The van der Waals surface area contributed by atoms with E-state index in [2.05, 4.69) is 52.3 Å². The number of piperidine rings is 1. The maximum Gasteiger partial charge on any atom is 0.119 e. The Kier molecular flexibility index (Phi) is 5.40. The number of pyridine rings is 1. The fraction of sp³-hybridized carbons (Fsp3) is 0.375. The lowest BCUT2D eigenvalue weighted by molar-refractivity contribution is -0.0441. The quantitative estimate of drug-likeness (QED) is 0.568. The summed E-state index contributed by atoms with van der Waals surface area (Å²) in [5, 5.41) is 1.71. The Labute approximate surface area is 176 Å². The van der Waals surface area contributed by atoms with Crippen molar-refractivity contribution in [3.05, 3.63) is 59.8 Å². The summed E-state index contributed by atoms with van der Waals surface area (Å²) in [6, 6.07) is 16.6. The van der Waals surface area contributed by atoms with Crippen molar-refractivity contribution in [2.45, 2.75) is 38.0 Å². The molecular weight excluding hydrogens is 384 g/mol. The lowest BCUT2D eigenvalue weighted by atomic mass is 10.0. The van der Waals surface area contributed by atoms with Crippen molar-refractivity contribution in [2.24, 2.45) is 0 Å². The zero-order chi connectivity index (χ0) is 19.6. The zero-order valence-electron chi connectivity index (χ0n) is 16.4. The minimum atomic E-state index is 0.285. The van der Waals surface area contributed by atoms with Crippen molar-refractivity contribution in [2.75, 3.05) is 19.7 Å². The first-order valence-corrected chi connectivity index (χ1v) is 10.8. The molecular formula is C24H25ClN2O2. The van der Waals surface area contributed by atoms with E-state index in [9.17, 15) is 0 Å². The molecule has 1 unspecified atom stereocenters. The van der Waals surface area contributed by atoms with Crippen molar-refractivity contribution >= 4 is 22.5 Å². The van der Waals surface area contributed by atoms with Gasteiger partial charge in [0.1, 0.15) is 18.1 Å². The summed E-state index contributed by atoms with van der Waals surface area (Å²) in [7, 11) is 0. The minimum Gasteiger partial charge on any atom is -0.490 e. The Balaban J connectivity index is 1.22. The number of aromatic nitrogens is 1. The van der Waals surface area contributed by atoms with E-state index in [0.29, 0.717) is 11.3 Å². The van der Waals surface area contributed by atoms with E-state index >= 15 is 0 Å². The number of hydrogen-bond acceptors (Lipinski definition) is 4. The van der Waals surface area contributed by atoms with Crippen LogP contribution in [0.1, 0.15) is 25.7 Å². The van der Waals surface area contributed by atoms with Gasteiger partial charge in [-0.25, -0.2) is 0 Å². The van der Waals surface area contributed by atoms with Gasteiger partial charge < -0.3 is 9.47 Å². The summed E-state index contributed by atoms with van der Waals surface area (Å²) in [5.41, 5.74) is 3.25. The normalized spacial score (nSPS) is 20.9. The Bertz CT molecular complexity index is 978. The number of fused-ring (bicyclic) bond motifs is 1. The van der Waals surface area contributed by atoms with Crippen LogP contribution in [0.5, 0.6) is 5.75 Å². The van der Waals surface area contributed by atoms with Crippen LogP contribution in [0.3, 0.4) is 0 Å². The van der Waals surface area contributed by atoms with Gasteiger partial charge in [-0.05, 0) is 61.1 Å². The van der Waals surface area contributed by atoms with Crippen LogP contribution in [0.4, 0.5) is 0 Å². The first kappa shape index (κ1) is 18.9. The molecule has 1 aromatic heterocycles. The molecule has 2 fully saturated rings. The van der Waals surface area contributed by atoms with E-state index in [1.807, 2.05) is 6.07 Å². The summed E-state index contributed by atoms with van der Waals surface area (Å²) in [5.74, 6) is 0.940. The van der Waals surface area contributed by atoms with Crippen LogP contribution >= 0.6 is 11.6 Å². The lowest BCUT2D eigenvalue weighted by Crippen LogP contribution is -2.43. The number of nitrogens with zero attached hydrogens (tertiary/aromatic N) is 2. The second-order valence-corrected chi connectivity index (χ2v) is 8.34. The van der Waals surface area contributed by atoms with E-state index in [-0.39, 0.29) is 6.10 Å². The monoisotopic (exact) mass is 408 g/mol. The van der Waals surface area contributed by atoms with E-state index in [0.717, 1.165) is 60.3 Å².